The third-order valence-electron chi connectivity index (χ3n) is 3.06. The number of hydrogen-bond donors (Lipinski definition) is 2. The molecule has 0 fully saturated rings. The third kappa shape index (κ3) is 3.78. The SMILES string of the molecule is CCCc1cc(C(=O)O)cc(Nc2ccc(F)c(C)c2)n1. The highest BCUT2D eigenvalue weighted by atomic mass is 19.1. The molecule has 0 bridgehead atoms. The van der Waals surface area contributed by atoms with Gasteiger partial charge in [-0.2, -0.15) is 0 Å². The summed E-state index contributed by atoms with van der Waals surface area (Å²) in [7, 11) is 0. The van der Waals surface area contributed by atoms with E-state index in [0.29, 0.717) is 23.5 Å². The van der Waals surface area contributed by atoms with Crippen LogP contribution in [-0.4, -0.2) is 16.1 Å². The standard InChI is InChI=1S/C16H17FN2O2/c1-3-4-12-8-11(16(20)21)9-15(18-12)19-13-5-6-14(17)10(2)7-13/h5-9H,3-4H2,1-2H3,(H,18,19)(H,20,21). The number of benzene rings is 1. The van der Waals surface area contributed by atoms with Gasteiger partial charge in [-0.25, -0.2) is 14.2 Å². The number of aryl methyl sites for hydroxylation is 2. The molecule has 0 aliphatic carbocycles. The Bertz CT molecular complexity index is 671. The minimum absolute atomic E-state index is 0.190. The molecule has 2 N–H and O–H groups in total. The van der Waals surface area contributed by atoms with Gasteiger partial charge in [0.15, 0.2) is 0 Å². The van der Waals surface area contributed by atoms with Gasteiger partial charge < -0.3 is 10.4 Å². The number of nitrogens with one attached hydrogen (secondary N) is 1. The summed E-state index contributed by atoms with van der Waals surface area (Å²) in [5.41, 5.74) is 2.10. The van der Waals surface area contributed by atoms with Gasteiger partial charge in [0.25, 0.3) is 0 Å². The molecule has 0 saturated heterocycles. The molecule has 2 aromatic rings. The van der Waals surface area contributed by atoms with E-state index in [2.05, 4.69) is 10.3 Å². The summed E-state index contributed by atoms with van der Waals surface area (Å²) in [6, 6.07) is 7.67. The first-order chi connectivity index (χ1) is 9.99. The molecule has 21 heavy (non-hydrogen) atoms. The Kier molecular flexibility index (Phi) is 4.52. The Morgan fingerprint density at radius 3 is 2.71 bits per heavy atom. The Labute approximate surface area is 122 Å². The van der Waals surface area contributed by atoms with Crippen LogP contribution in [0.3, 0.4) is 0 Å². The molecule has 0 aliphatic heterocycles. The Morgan fingerprint density at radius 1 is 1.33 bits per heavy atom. The Morgan fingerprint density at radius 2 is 2.10 bits per heavy atom. The smallest absolute Gasteiger partial charge is 0.335 e. The lowest BCUT2D eigenvalue weighted by Gasteiger charge is -2.10. The number of carbonyl (C=O) groups is 1. The highest BCUT2D eigenvalue weighted by Gasteiger charge is 2.09. The molecule has 2 rings (SSSR count). The second kappa shape index (κ2) is 6.35. The number of carboxylic acids is 1. The summed E-state index contributed by atoms with van der Waals surface area (Å²) in [5.74, 6) is -0.822. The number of rotatable bonds is 5. The number of nitrogens with zero attached hydrogens (tertiary/aromatic N) is 1. The lowest BCUT2D eigenvalue weighted by atomic mass is 10.1. The van der Waals surface area contributed by atoms with Crippen LogP contribution in [0.1, 0.15) is 35.0 Å². The van der Waals surface area contributed by atoms with Crippen LogP contribution in [-0.2, 0) is 6.42 Å². The van der Waals surface area contributed by atoms with Crippen molar-refractivity contribution < 1.29 is 14.3 Å². The monoisotopic (exact) mass is 288 g/mol. The van der Waals surface area contributed by atoms with E-state index in [9.17, 15) is 9.18 Å². The van der Waals surface area contributed by atoms with E-state index in [1.165, 1.54) is 12.1 Å². The fraction of sp³-hybridized carbons (Fsp3) is 0.250. The molecular weight excluding hydrogens is 271 g/mol. The van der Waals surface area contributed by atoms with Crippen LogP contribution in [0.4, 0.5) is 15.9 Å². The molecule has 0 amide bonds. The maximum atomic E-state index is 13.3. The van der Waals surface area contributed by atoms with Crippen molar-refractivity contribution in [2.75, 3.05) is 5.32 Å². The van der Waals surface area contributed by atoms with Crippen molar-refractivity contribution in [3.05, 3.63) is 53.0 Å². The predicted molar refractivity (Wildman–Crippen MR) is 79.6 cm³/mol. The average molecular weight is 288 g/mol. The molecule has 1 heterocycles. The van der Waals surface area contributed by atoms with E-state index in [1.807, 2.05) is 6.92 Å². The second-order valence-electron chi connectivity index (χ2n) is 4.88. The summed E-state index contributed by atoms with van der Waals surface area (Å²) < 4.78 is 13.3. The van der Waals surface area contributed by atoms with Crippen molar-refractivity contribution in [2.45, 2.75) is 26.7 Å². The topological polar surface area (TPSA) is 62.2 Å². The maximum Gasteiger partial charge on any atom is 0.335 e. The van der Waals surface area contributed by atoms with Crippen LogP contribution in [0.25, 0.3) is 0 Å². The van der Waals surface area contributed by atoms with Gasteiger partial charge in [0, 0.05) is 11.4 Å². The van der Waals surface area contributed by atoms with Crippen LogP contribution < -0.4 is 5.32 Å². The Balaban J connectivity index is 2.33. The molecule has 0 radical (unpaired) electrons. The molecular formula is C16H17FN2O2. The molecule has 1 aromatic carbocycles. The van der Waals surface area contributed by atoms with Crippen molar-refractivity contribution in [1.82, 2.24) is 4.98 Å². The van der Waals surface area contributed by atoms with Crippen LogP contribution in [0.15, 0.2) is 30.3 Å². The number of pyridine rings is 1. The zero-order chi connectivity index (χ0) is 15.4. The van der Waals surface area contributed by atoms with E-state index in [4.69, 9.17) is 5.11 Å². The predicted octanol–water partition coefficient (Wildman–Crippen LogP) is 3.92. The fourth-order valence-electron chi connectivity index (χ4n) is 2.03. The van der Waals surface area contributed by atoms with E-state index >= 15 is 0 Å². The number of anilines is 2. The first-order valence-electron chi connectivity index (χ1n) is 6.77. The number of halogens is 1. The quantitative estimate of drug-likeness (QED) is 0.875. The minimum atomic E-state index is -0.993. The number of aromatic carboxylic acids is 1. The molecule has 0 atom stereocenters. The largest absolute Gasteiger partial charge is 0.478 e. The van der Waals surface area contributed by atoms with Gasteiger partial charge in [-0.1, -0.05) is 13.3 Å². The molecule has 110 valence electrons. The highest BCUT2D eigenvalue weighted by Crippen LogP contribution is 2.20. The molecule has 4 nitrogen and oxygen atoms in total. The van der Waals surface area contributed by atoms with Crippen molar-refractivity contribution in [3.8, 4) is 0 Å². The van der Waals surface area contributed by atoms with Crippen molar-refractivity contribution >= 4 is 17.5 Å². The molecule has 0 unspecified atom stereocenters. The van der Waals surface area contributed by atoms with Gasteiger partial charge in [-0.15, -0.1) is 0 Å². The van der Waals surface area contributed by atoms with Crippen LogP contribution >= 0.6 is 0 Å². The first kappa shape index (κ1) is 15.0. The number of hydrogen-bond acceptors (Lipinski definition) is 3. The summed E-state index contributed by atoms with van der Waals surface area (Å²) in [6.45, 7) is 3.68. The molecule has 0 aliphatic rings. The molecule has 1 aromatic heterocycles. The lowest BCUT2D eigenvalue weighted by Crippen LogP contribution is -2.04. The van der Waals surface area contributed by atoms with Crippen molar-refractivity contribution in [1.29, 1.82) is 0 Å². The number of carboxylic acid groups (broad SMARTS) is 1. The van der Waals surface area contributed by atoms with Gasteiger partial charge in [0.1, 0.15) is 11.6 Å². The fourth-order valence-corrected chi connectivity index (χ4v) is 2.03. The van der Waals surface area contributed by atoms with Crippen molar-refractivity contribution in [2.24, 2.45) is 0 Å². The van der Waals surface area contributed by atoms with Crippen LogP contribution in [0, 0.1) is 12.7 Å². The van der Waals surface area contributed by atoms with Gasteiger partial charge >= 0.3 is 5.97 Å². The van der Waals surface area contributed by atoms with Crippen LogP contribution in [0.5, 0.6) is 0 Å². The maximum absolute atomic E-state index is 13.3. The highest BCUT2D eigenvalue weighted by molar-refractivity contribution is 5.88. The van der Waals surface area contributed by atoms with E-state index < -0.39 is 5.97 Å². The molecule has 0 spiro atoms. The lowest BCUT2D eigenvalue weighted by molar-refractivity contribution is 0.0696. The Hall–Kier alpha value is -2.43. The van der Waals surface area contributed by atoms with Gasteiger partial charge in [0.05, 0.1) is 5.56 Å². The minimum Gasteiger partial charge on any atom is -0.478 e. The van der Waals surface area contributed by atoms with Crippen LogP contribution in [0.2, 0.25) is 0 Å². The summed E-state index contributed by atoms with van der Waals surface area (Å²) in [5, 5.41) is 12.2. The van der Waals surface area contributed by atoms with E-state index in [-0.39, 0.29) is 11.4 Å². The zero-order valence-corrected chi connectivity index (χ0v) is 12.0. The number of aromatic nitrogens is 1. The van der Waals surface area contributed by atoms with Crippen molar-refractivity contribution in [3.63, 3.8) is 0 Å². The van der Waals surface area contributed by atoms with E-state index in [0.717, 1.165) is 12.1 Å². The molecule has 0 saturated carbocycles. The average Bonchev–Trinajstić information content (AvgIpc) is 2.43. The summed E-state index contributed by atoms with van der Waals surface area (Å²) >= 11 is 0. The first-order valence-corrected chi connectivity index (χ1v) is 6.77. The van der Waals surface area contributed by atoms with E-state index in [1.54, 1.807) is 25.1 Å². The molecule has 5 heteroatoms. The summed E-state index contributed by atoms with van der Waals surface area (Å²) in [4.78, 5) is 15.5. The van der Waals surface area contributed by atoms with Gasteiger partial charge in [-0.05, 0) is 49.2 Å². The van der Waals surface area contributed by atoms with Gasteiger partial charge in [-0.3, -0.25) is 0 Å². The second-order valence-corrected chi connectivity index (χ2v) is 4.88. The summed E-state index contributed by atoms with van der Waals surface area (Å²) in [6.07, 6.45) is 1.59. The zero-order valence-electron chi connectivity index (χ0n) is 12.0. The van der Waals surface area contributed by atoms with Gasteiger partial charge in [0.2, 0.25) is 0 Å². The third-order valence-corrected chi connectivity index (χ3v) is 3.06. The normalized spacial score (nSPS) is 10.4.